The maximum atomic E-state index is 13.0. The quantitative estimate of drug-likeness (QED) is 0.512. The van der Waals surface area contributed by atoms with Gasteiger partial charge in [-0.3, -0.25) is 9.59 Å². The first-order valence-electron chi connectivity index (χ1n) is 8.83. The van der Waals surface area contributed by atoms with E-state index in [-0.39, 0.29) is 23.3 Å². The van der Waals surface area contributed by atoms with Gasteiger partial charge in [-0.25, -0.2) is 4.39 Å². The largest absolute Gasteiger partial charge is 0.484 e. The van der Waals surface area contributed by atoms with Crippen LogP contribution in [0.2, 0.25) is 0 Å². The van der Waals surface area contributed by atoms with Gasteiger partial charge in [-0.2, -0.15) is 0 Å². The predicted octanol–water partition coefficient (Wildman–Crippen LogP) is 4.04. The number of carbonyl (C=O) groups excluding carboxylic acids is 1. The normalized spacial score (nSPS) is 10.7. The molecule has 0 saturated carbocycles. The molecule has 2 aromatic carbocycles. The summed E-state index contributed by atoms with van der Waals surface area (Å²) in [7, 11) is 0. The predicted molar refractivity (Wildman–Crippen MR) is 104 cm³/mol. The molecule has 8 nitrogen and oxygen atoms in total. The number of nitrogens with zero attached hydrogens (tertiary/aromatic N) is 1. The van der Waals surface area contributed by atoms with E-state index in [9.17, 15) is 14.0 Å². The number of hydrogen-bond acceptors (Lipinski definition) is 7. The van der Waals surface area contributed by atoms with Crippen molar-refractivity contribution in [2.24, 2.45) is 0 Å². The number of halogens is 1. The van der Waals surface area contributed by atoms with Crippen molar-refractivity contribution in [1.29, 1.82) is 0 Å². The highest BCUT2D eigenvalue weighted by Crippen LogP contribution is 2.24. The fraction of sp³-hybridized carbons (Fsp3) is 0.0952. The summed E-state index contributed by atoms with van der Waals surface area (Å²) >= 11 is 0. The van der Waals surface area contributed by atoms with Gasteiger partial charge in [0.25, 0.3) is 5.91 Å². The minimum atomic E-state index is -0.423. The van der Waals surface area contributed by atoms with Crippen LogP contribution >= 0.6 is 0 Å². The second kappa shape index (κ2) is 8.08. The minimum Gasteiger partial charge on any atom is -0.484 e. The zero-order valence-electron chi connectivity index (χ0n) is 15.7. The van der Waals surface area contributed by atoms with Gasteiger partial charge in [-0.1, -0.05) is 5.16 Å². The highest BCUT2D eigenvalue weighted by Gasteiger charge is 2.12. The van der Waals surface area contributed by atoms with Gasteiger partial charge in [0, 0.05) is 12.1 Å². The number of fused-ring (bicyclic) bond motifs is 1. The van der Waals surface area contributed by atoms with Crippen LogP contribution in [0.25, 0.3) is 11.0 Å². The van der Waals surface area contributed by atoms with Crippen molar-refractivity contribution in [3.8, 4) is 17.2 Å². The highest BCUT2D eigenvalue weighted by atomic mass is 19.1. The molecular formula is C21H15FN2O6. The molecule has 0 bridgehead atoms. The molecule has 1 N–H and O–H groups in total. The summed E-state index contributed by atoms with van der Waals surface area (Å²) in [5.74, 6) is 0.627. The lowest BCUT2D eigenvalue weighted by molar-refractivity contribution is -0.118. The molecule has 152 valence electrons. The van der Waals surface area contributed by atoms with Crippen LogP contribution in [-0.4, -0.2) is 17.7 Å². The van der Waals surface area contributed by atoms with Crippen molar-refractivity contribution in [1.82, 2.24) is 5.16 Å². The average molecular weight is 410 g/mol. The molecule has 0 fully saturated rings. The van der Waals surface area contributed by atoms with E-state index in [1.54, 1.807) is 13.0 Å². The highest BCUT2D eigenvalue weighted by molar-refractivity contribution is 5.91. The molecule has 1 amide bonds. The van der Waals surface area contributed by atoms with Gasteiger partial charge < -0.3 is 23.7 Å². The lowest BCUT2D eigenvalue weighted by atomic mass is 10.2. The third-order valence-electron chi connectivity index (χ3n) is 4.02. The summed E-state index contributed by atoms with van der Waals surface area (Å²) in [5, 5.41) is 6.46. The molecule has 9 heteroatoms. The van der Waals surface area contributed by atoms with E-state index in [0.717, 1.165) is 6.26 Å². The number of aryl methyl sites for hydroxylation is 1. The van der Waals surface area contributed by atoms with Crippen LogP contribution in [0.3, 0.4) is 0 Å². The molecule has 30 heavy (non-hydrogen) atoms. The van der Waals surface area contributed by atoms with Crippen molar-refractivity contribution in [2.75, 3.05) is 11.9 Å². The van der Waals surface area contributed by atoms with E-state index in [1.807, 2.05) is 0 Å². The van der Waals surface area contributed by atoms with Crippen molar-refractivity contribution >= 4 is 22.7 Å². The Kier molecular flexibility index (Phi) is 5.17. The number of hydrogen-bond donors (Lipinski definition) is 1. The minimum absolute atomic E-state index is 0.0370. The van der Waals surface area contributed by atoms with E-state index < -0.39 is 17.2 Å². The summed E-state index contributed by atoms with van der Waals surface area (Å²) in [6, 6.07) is 11.4. The van der Waals surface area contributed by atoms with Gasteiger partial charge in [0.15, 0.2) is 12.4 Å². The Labute approximate surface area is 168 Å². The van der Waals surface area contributed by atoms with Crippen molar-refractivity contribution in [2.45, 2.75) is 6.92 Å². The topological polar surface area (TPSA) is 104 Å². The molecule has 4 aromatic rings. The van der Waals surface area contributed by atoms with E-state index in [0.29, 0.717) is 23.1 Å². The third-order valence-corrected chi connectivity index (χ3v) is 4.02. The molecule has 0 spiro atoms. The van der Waals surface area contributed by atoms with Crippen LogP contribution in [0.1, 0.15) is 5.76 Å². The summed E-state index contributed by atoms with van der Waals surface area (Å²) < 4.78 is 34.2. The number of rotatable bonds is 6. The summed E-state index contributed by atoms with van der Waals surface area (Å²) in [6.07, 6.45) is 1.16. The third kappa shape index (κ3) is 4.30. The first-order chi connectivity index (χ1) is 14.5. The molecule has 0 aliphatic rings. The molecule has 0 saturated heterocycles. The van der Waals surface area contributed by atoms with Crippen LogP contribution < -0.4 is 20.2 Å². The fourth-order valence-corrected chi connectivity index (χ4v) is 2.63. The Morgan fingerprint density at radius 2 is 1.90 bits per heavy atom. The Balaban J connectivity index is 1.45. The number of carbonyl (C=O) groups is 1. The van der Waals surface area contributed by atoms with Gasteiger partial charge >= 0.3 is 0 Å². The van der Waals surface area contributed by atoms with Gasteiger partial charge in [-0.05, 0) is 43.3 Å². The Bertz CT molecular complexity index is 1260. The van der Waals surface area contributed by atoms with E-state index in [4.69, 9.17) is 18.4 Å². The van der Waals surface area contributed by atoms with Crippen molar-refractivity contribution in [3.63, 3.8) is 0 Å². The summed E-state index contributed by atoms with van der Waals surface area (Å²) in [6.45, 7) is 1.44. The lowest BCUT2D eigenvalue weighted by Crippen LogP contribution is -2.20. The molecule has 0 aliphatic carbocycles. The fourth-order valence-electron chi connectivity index (χ4n) is 2.63. The number of nitrogens with one attached hydrogen (secondary N) is 1. The molecule has 0 atom stereocenters. The van der Waals surface area contributed by atoms with Crippen LogP contribution in [0.5, 0.6) is 17.2 Å². The van der Waals surface area contributed by atoms with Crippen LogP contribution in [0.15, 0.2) is 68.5 Å². The number of benzene rings is 2. The van der Waals surface area contributed by atoms with Crippen molar-refractivity contribution < 1.29 is 27.6 Å². The smallest absolute Gasteiger partial charge is 0.263 e. The Morgan fingerprint density at radius 3 is 2.63 bits per heavy atom. The molecule has 0 aliphatic heterocycles. The van der Waals surface area contributed by atoms with E-state index in [1.165, 1.54) is 42.5 Å². The van der Waals surface area contributed by atoms with Gasteiger partial charge in [-0.15, -0.1) is 0 Å². The number of anilines is 1. The van der Waals surface area contributed by atoms with Crippen LogP contribution in [0.4, 0.5) is 10.2 Å². The molecule has 0 unspecified atom stereocenters. The first-order valence-corrected chi connectivity index (χ1v) is 8.83. The standard InChI is InChI=1S/C21H15FN2O6/c1-12-8-19(24-30-12)23-20(25)11-27-15-6-7-16-17(9-15)28-10-18(21(16)26)29-14-4-2-13(22)3-5-14/h2-10H,11H2,1H3,(H,23,24,25). The van der Waals surface area contributed by atoms with E-state index >= 15 is 0 Å². The number of ether oxygens (including phenoxy) is 2. The number of amides is 1. The van der Waals surface area contributed by atoms with Crippen LogP contribution in [0, 0.1) is 12.7 Å². The molecule has 4 rings (SSSR count). The molecule has 2 heterocycles. The van der Waals surface area contributed by atoms with Crippen LogP contribution in [-0.2, 0) is 4.79 Å². The summed E-state index contributed by atoms with van der Waals surface area (Å²) in [4.78, 5) is 24.5. The monoisotopic (exact) mass is 410 g/mol. The zero-order valence-corrected chi connectivity index (χ0v) is 15.7. The number of aromatic nitrogens is 1. The van der Waals surface area contributed by atoms with Gasteiger partial charge in [0.05, 0.1) is 5.39 Å². The molecule has 0 radical (unpaired) electrons. The van der Waals surface area contributed by atoms with Gasteiger partial charge in [0.1, 0.15) is 34.9 Å². The molecule has 2 aromatic heterocycles. The maximum Gasteiger partial charge on any atom is 0.263 e. The Morgan fingerprint density at radius 1 is 1.13 bits per heavy atom. The SMILES string of the molecule is Cc1cc(NC(=O)COc2ccc3c(=O)c(Oc4ccc(F)cc4)coc3c2)no1. The summed E-state index contributed by atoms with van der Waals surface area (Å²) in [5.41, 5.74) is -0.136. The average Bonchev–Trinajstić information content (AvgIpc) is 3.14. The maximum absolute atomic E-state index is 13.0. The lowest BCUT2D eigenvalue weighted by Gasteiger charge is -2.08. The zero-order chi connectivity index (χ0) is 21.1. The van der Waals surface area contributed by atoms with Crippen molar-refractivity contribution in [3.05, 3.63) is 76.6 Å². The second-order valence-corrected chi connectivity index (χ2v) is 6.30. The molecular weight excluding hydrogens is 395 g/mol. The van der Waals surface area contributed by atoms with E-state index in [2.05, 4.69) is 10.5 Å². The Hall–Kier alpha value is -4.14. The van der Waals surface area contributed by atoms with Gasteiger partial charge in [0.2, 0.25) is 11.2 Å². The first kappa shape index (κ1) is 19.2. The second-order valence-electron chi connectivity index (χ2n) is 6.30.